The van der Waals surface area contributed by atoms with E-state index in [9.17, 15) is 0 Å². The summed E-state index contributed by atoms with van der Waals surface area (Å²) in [6.07, 6.45) is 0.186. The molecule has 1 heterocycles. The molecule has 1 aliphatic heterocycles. The van der Waals surface area contributed by atoms with E-state index in [-0.39, 0.29) is 11.8 Å². The van der Waals surface area contributed by atoms with Crippen LogP contribution in [0.2, 0.25) is 0 Å². The van der Waals surface area contributed by atoms with Crippen LogP contribution in [0.15, 0.2) is 0 Å². The maximum absolute atomic E-state index is 5.54. The minimum absolute atomic E-state index is 0.170. The normalized spacial score (nSPS) is 23.8. The summed E-state index contributed by atoms with van der Waals surface area (Å²) >= 11 is 0. The second kappa shape index (κ2) is 5.20. The molecule has 0 spiro atoms. The van der Waals surface area contributed by atoms with Gasteiger partial charge in [-0.1, -0.05) is 0 Å². The van der Waals surface area contributed by atoms with Crippen LogP contribution in [0.4, 0.5) is 0 Å². The second-order valence-corrected chi connectivity index (χ2v) is 4.20. The van der Waals surface area contributed by atoms with Gasteiger partial charge in [0.1, 0.15) is 11.8 Å². The van der Waals surface area contributed by atoms with Crippen molar-refractivity contribution in [2.45, 2.75) is 17.8 Å². The predicted molar refractivity (Wildman–Crippen MR) is 53.2 cm³/mol. The summed E-state index contributed by atoms with van der Waals surface area (Å²) in [5.41, 5.74) is -0.170. The summed E-state index contributed by atoms with van der Waals surface area (Å²) in [6.45, 7) is 1.23. The molecule has 0 saturated carbocycles. The first-order valence-electron chi connectivity index (χ1n) is 4.57. The van der Waals surface area contributed by atoms with Gasteiger partial charge in [-0.15, -0.1) is 0 Å². The summed E-state index contributed by atoms with van der Waals surface area (Å²) in [5, 5.41) is 0. The zero-order valence-electron chi connectivity index (χ0n) is 9.11. The van der Waals surface area contributed by atoms with Gasteiger partial charge in [-0.3, -0.25) is 0 Å². The minimum atomic E-state index is -1.08. The van der Waals surface area contributed by atoms with E-state index in [1.54, 1.807) is 21.3 Å². The standard InChI is InChI=1S/C8H18O5Si/c1-9-7(14)8(10-2,11-3)13-5-6-4-12-6/h6-7H,4-5H2,1-3,14H3. The molecule has 1 saturated heterocycles. The van der Waals surface area contributed by atoms with Crippen LogP contribution in [0, 0.1) is 0 Å². The van der Waals surface area contributed by atoms with Crippen molar-refractivity contribution in [1.82, 2.24) is 0 Å². The maximum Gasteiger partial charge on any atom is 0.306 e. The van der Waals surface area contributed by atoms with Crippen LogP contribution < -0.4 is 0 Å². The SMILES string of the molecule is COC([SiH3])C(OC)(OC)OCC1CO1. The quantitative estimate of drug-likeness (QED) is 0.304. The van der Waals surface area contributed by atoms with Gasteiger partial charge in [0.15, 0.2) is 0 Å². The summed E-state index contributed by atoms with van der Waals surface area (Å²) in [4.78, 5) is 0. The Kier molecular flexibility index (Phi) is 4.49. The highest BCUT2D eigenvalue weighted by molar-refractivity contribution is 6.11. The summed E-state index contributed by atoms with van der Waals surface area (Å²) in [6, 6.07) is 0. The molecular weight excluding hydrogens is 204 g/mol. The number of epoxide rings is 1. The molecule has 6 heteroatoms. The van der Waals surface area contributed by atoms with Crippen LogP contribution in [0.25, 0.3) is 0 Å². The van der Waals surface area contributed by atoms with Crippen LogP contribution in [0.1, 0.15) is 0 Å². The van der Waals surface area contributed by atoms with Crippen molar-refractivity contribution in [3.8, 4) is 0 Å². The Hall–Kier alpha value is 0.0169. The predicted octanol–water partition coefficient (Wildman–Crippen LogP) is -1.31. The van der Waals surface area contributed by atoms with E-state index < -0.39 is 5.97 Å². The van der Waals surface area contributed by atoms with E-state index in [4.69, 9.17) is 23.7 Å². The van der Waals surface area contributed by atoms with Gasteiger partial charge in [0.25, 0.3) is 0 Å². The van der Waals surface area contributed by atoms with Gasteiger partial charge in [0.05, 0.1) is 13.2 Å². The molecule has 1 aliphatic rings. The first kappa shape index (κ1) is 12.1. The monoisotopic (exact) mass is 222 g/mol. The van der Waals surface area contributed by atoms with E-state index in [0.717, 1.165) is 16.8 Å². The van der Waals surface area contributed by atoms with E-state index >= 15 is 0 Å². The lowest BCUT2D eigenvalue weighted by Crippen LogP contribution is -2.50. The molecule has 0 aromatic carbocycles. The number of rotatable bonds is 7. The molecular formula is C8H18O5Si. The molecule has 2 unspecified atom stereocenters. The largest absolute Gasteiger partial charge is 0.378 e. The van der Waals surface area contributed by atoms with Gasteiger partial charge < -0.3 is 23.7 Å². The fourth-order valence-corrected chi connectivity index (χ4v) is 1.81. The molecule has 0 bridgehead atoms. The maximum atomic E-state index is 5.54. The van der Waals surface area contributed by atoms with Gasteiger partial charge in [0.2, 0.25) is 0 Å². The lowest BCUT2D eigenvalue weighted by molar-refractivity contribution is -0.386. The fraction of sp³-hybridized carbons (Fsp3) is 1.00. The van der Waals surface area contributed by atoms with Crippen molar-refractivity contribution in [2.24, 2.45) is 0 Å². The third kappa shape index (κ3) is 2.75. The van der Waals surface area contributed by atoms with Crippen molar-refractivity contribution in [3.05, 3.63) is 0 Å². The summed E-state index contributed by atoms with van der Waals surface area (Å²) in [7, 11) is 5.46. The molecule has 1 rings (SSSR count). The molecule has 0 amide bonds. The topological polar surface area (TPSA) is 49.5 Å². The smallest absolute Gasteiger partial charge is 0.306 e. The van der Waals surface area contributed by atoms with Crippen LogP contribution in [0.5, 0.6) is 0 Å². The summed E-state index contributed by atoms with van der Waals surface area (Å²) in [5.74, 6) is -1.08. The van der Waals surface area contributed by atoms with Gasteiger partial charge in [-0.05, 0) is 0 Å². The number of hydrogen-bond donors (Lipinski definition) is 0. The van der Waals surface area contributed by atoms with E-state index in [1.165, 1.54) is 0 Å². The Morgan fingerprint density at radius 1 is 1.43 bits per heavy atom. The van der Waals surface area contributed by atoms with Crippen LogP contribution in [-0.4, -0.2) is 62.6 Å². The minimum Gasteiger partial charge on any atom is -0.378 e. The van der Waals surface area contributed by atoms with Crippen molar-refractivity contribution in [3.63, 3.8) is 0 Å². The molecule has 0 aromatic heterocycles. The molecule has 84 valence electrons. The van der Waals surface area contributed by atoms with Crippen molar-refractivity contribution >= 4 is 10.2 Å². The Morgan fingerprint density at radius 2 is 2.00 bits per heavy atom. The first-order valence-corrected chi connectivity index (χ1v) is 5.72. The Bertz CT molecular complexity index is 169. The van der Waals surface area contributed by atoms with Crippen molar-refractivity contribution < 1.29 is 23.7 Å². The molecule has 2 atom stereocenters. The van der Waals surface area contributed by atoms with E-state index in [0.29, 0.717) is 6.61 Å². The fourth-order valence-electron chi connectivity index (χ4n) is 1.17. The Morgan fingerprint density at radius 3 is 2.36 bits per heavy atom. The van der Waals surface area contributed by atoms with E-state index in [2.05, 4.69) is 0 Å². The number of methoxy groups -OCH3 is 3. The average Bonchev–Trinajstić information content (AvgIpc) is 3.03. The van der Waals surface area contributed by atoms with Gasteiger partial charge in [0, 0.05) is 31.6 Å². The lowest BCUT2D eigenvalue weighted by Gasteiger charge is -2.34. The highest BCUT2D eigenvalue weighted by Crippen LogP contribution is 2.21. The molecule has 5 nitrogen and oxygen atoms in total. The molecule has 14 heavy (non-hydrogen) atoms. The molecule has 0 aliphatic carbocycles. The van der Waals surface area contributed by atoms with Crippen LogP contribution in [-0.2, 0) is 23.7 Å². The Balaban J connectivity index is 2.47. The van der Waals surface area contributed by atoms with Crippen LogP contribution in [0.3, 0.4) is 0 Å². The Labute approximate surface area is 87.0 Å². The van der Waals surface area contributed by atoms with Gasteiger partial charge in [-0.2, -0.15) is 0 Å². The second-order valence-electron chi connectivity index (χ2n) is 3.16. The lowest BCUT2D eigenvalue weighted by atomic mass is 10.5. The van der Waals surface area contributed by atoms with Crippen LogP contribution >= 0.6 is 0 Å². The third-order valence-corrected chi connectivity index (χ3v) is 3.47. The van der Waals surface area contributed by atoms with Gasteiger partial charge in [-0.25, -0.2) is 0 Å². The third-order valence-electron chi connectivity index (χ3n) is 2.29. The van der Waals surface area contributed by atoms with Gasteiger partial charge >= 0.3 is 5.97 Å². The zero-order chi connectivity index (χ0) is 10.6. The zero-order valence-corrected chi connectivity index (χ0v) is 11.1. The van der Waals surface area contributed by atoms with Crippen molar-refractivity contribution in [1.29, 1.82) is 0 Å². The average molecular weight is 222 g/mol. The first-order chi connectivity index (χ1) is 6.68. The highest BCUT2D eigenvalue weighted by Gasteiger charge is 2.40. The summed E-state index contributed by atoms with van der Waals surface area (Å²) < 4.78 is 26.2. The molecule has 1 fully saturated rings. The highest BCUT2D eigenvalue weighted by atomic mass is 28.1. The molecule has 0 aromatic rings. The number of hydrogen-bond acceptors (Lipinski definition) is 5. The molecule has 0 radical (unpaired) electrons. The van der Waals surface area contributed by atoms with Crippen molar-refractivity contribution in [2.75, 3.05) is 34.5 Å². The number of ether oxygens (including phenoxy) is 5. The molecule has 0 N–H and O–H groups in total. The van der Waals surface area contributed by atoms with E-state index in [1.807, 2.05) is 0 Å².